The van der Waals surface area contributed by atoms with Gasteiger partial charge in [-0.1, -0.05) is 24.3 Å². The molecule has 25 heavy (non-hydrogen) atoms. The summed E-state index contributed by atoms with van der Waals surface area (Å²) in [6.07, 6.45) is 1.82. The minimum absolute atomic E-state index is 0.174. The predicted molar refractivity (Wildman–Crippen MR) is 101 cm³/mol. The topological polar surface area (TPSA) is 65.8 Å². The number of carbonyl (C=O) groups excluding carboxylic acids is 1. The smallest absolute Gasteiger partial charge is 0.255 e. The molecule has 1 aromatic heterocycles. The van der Waals surface area contributed by atoms with E-state index in [-0.39, 0.29) is 5.91 Å². The molecule has 0 spiro atoms. The number of amides is 1. The normalized spacial score (nSPS) is 10.9. The number of thiazole rings is 1. The quantitative estimate of drug-likeness (QED) is 0.732. The second-order valence-corrected chi connectivity index (χ2v) is 7.10. The van der Waals surface area contributed by atoms with Gasteiger partial charge in [0.25, 0.3) is 5.91 Å². The number of nitriles is 1. The van der Waals surface area contributed by atoms with Gasteiger partial charge in [0, 0.05) is 17.4 Å². The summed E-state index contributed by atoms with van der Waals surface area (Å²) in [7, 11) is 0. The Morgan fingerprint density at radius 1 is 1.12 bits per heavy atom. The fourth-order valence-corrected chi connectivity index (χ4v) is 3.01. The highest BCUT2D eigenvalue weighted by Gasteiger charge is 2.19. The monoisotopic (exact) mass is 347 g/mol. The molecule has 4 nitrogen and oxygen atoms in total. The van der Waals surface area contributed by atoms with Gasteiger partial charge in [-0.05, 0) is 49.2 Å². The number of benzene rings is 2. The Labute approximate surface area is 150 Å². The highest BCUT2D eigenvalue weighted by molar-refractivity contribution is 7.13. The summed E-state index contributed by atoms with van der Waals surface area (Å²) in [5, 5.41) is 12.1. The van der Waals surface area contributed by atoms with Crippen LogP contribution in [0, 0.1) is 11.3 Å². The molecule has 5 heteroatoms. The maximum Gasteiger partial charge on any atom is 0.255 e. The van der Waals surface area contributed by atoms with Crippen LogP contribution in [0.4, 0.5) is 5.69 Å². The maximum absolute atomic E-state index is 12.4. The first-order valence-electron chi connectivity index (χ1n) is 7.82. The minimum Gasteiger partial charge on any atom is -0.322 e. The number of carbonyl (C=O) groups is 1. The van der Waals surface area contributed by atoms with Crippen LogP contribution in [-0.4, -0.2) is 10.9 Å². The first-order chi connectivity index (χ1) is 12.0. The summed E-state index contributed by atoms with van der Waals surface area (Å²) in [6, 6.07) is 17.1. The van der Waals surface area contributed by atoms with Gasteiger partial charge in [-0.25, -0.2) is 0 Å². The SMILES string of the molecule is CC(C)(C#N)c1ccc(C(=O)Nc2ccc(-c3cncs3)cc2)cc1. The van der Waals surface area contributed by atoms with Gasteiger partial charge in [0.15, 0.2) is 0 Å². The summed E-state index contributed by atoms with van der Waals surface area (Å²) >= 11 is 1.58. The van der Waals surface area contributed by atoms with Crippen LogP contribution in [0.3, 0.4) is 0 Å². The molecule has 1 amide bonds. The third kappa shape index (κ3) is 3.76. The number of aromatic nitrogens is 1. The number of hydrogen-bond donors (Lipinski definition) is 1. The van der Waals surface area contributed by atoms with Gasteiger partial charge >= 0.3 is 0 Å². The largest absolute Gasteiger partial charge is 0.322 e. The van der Waals surface area contributed by atoms with E-state index in [4.69, 9.17) is 0 Å². The lowest BCUT2D eigenvalue weighted by Crippen LogP contribution is -2.15. The number of rotatable bonds is 4. The summed E-state index contributed by atoms with van der Waals surface area (Å²) in [5.74, 6) is -0.174. The highest BCUT2D eigenvalue weighted by Crippen LogP contribution is 2.25. The first-order valence-corrected chi connectivity index (χ1v) is 8.70. The molecule has 0 aliphatic heterocycles. The fraction of sp³-hybridized carbons (Fsp3) is 0.150. The third-order valence-corrected chi connectivity index (χ3v) is 4.83. The molecular formula is C20H17N3OS. The average Bonchev–Trinajstić information content (AvgIpc) is 3.17. The fourth-order valence-electron chi connectivity index (χ4n) is 2.38. The third-order valence-electron chi connectivity index (χ3n) is 4.01. The van der Waals surface area contributed by atoms with E-state index in [2.05, 4.69) is 16.4 Å². The summed E-state index contributed by atoms with van der Waals surface area (Å²) in [4.78, 5) is 17.5. The summed E-state index contributed by atoms with van der Waals surface area (Å²) in [6.45, 7) is 3.71. The van der Waals surface area contributed by atoms with Crippen LogP contribution in [-0.2, 0) is 5.41 Å². The van der Waals surface area contributed by atoms with E-state index in [1.165, 1.54) is 0 Å². The van der Waals surface area contributed by atoms with Gasteiger partial charge in [-0.2, -0.15) is 5.26 Å². The zero-order chi connectivity index (χ0) is 17.9. The molecule has 0 radical (unpaired) electrons. The Morgan fingerprint density at radius 2 is 1.80 bits per heavy atom. The molecule has 0 saturated carbocycles. The minimum atomic E-state index is -0.568. The lowest BCUT2D eigenvalue weighted by atomic mass is 9.86. The number of anilines is 1. The van der Waals surface area contributed by atoms with E-state index in [0.717, 1.165) is 21.7 Å². The van der Waals surface area contributed by atoms with Crippen molar-refractivity contribution in [3.05, 3.63) is 71.4 Å². The molecule has 0 aliphatic carbocycles. The predicted octanol–water partition coefficient (Wildman–Crippen LogP) is 4.86. The molecule has 0 fully saturated rings. The number of nitrogens with zero attached hydrogens (tertiary/aromatic N) is 2. The van der Waals surface area contributed by atoms with Crippen molar-refractivity contribution in [2.24, 2.45) is 0 Å². The van der Waals surface area contributed by atoms with Gasteiger partial charge in [-0.3, -0.25) is 9.78 Å². The van der Waals surface area contributed by atoms with E-state index < -0.39 is 5.41 Å². The lowest BCUT2D eigenvalue weighted by Gasteiger charge is -2.15. The molecular weight excluding hydrogens is 330 g/mol. The van der Waals surface area contributed by atoms with Gasteiger partial charge < -0.3 is 5.32 Å². The molecule has 0 atom stereocenters. The van der Waals surface area contributed by atoms with Gasteiger partial charge in [-0.15, -0.1) is 11.3 Å². The molecule has 1 N–H and O–H groups in total. The van der Waals surface area contributed by atoms with Gasteiger partial charge in [0.2, 0.25) is 0 Å². The van der Waals surface area contributed by atoms with Crippen molar-refractivity contribution in [3.8, 4) is 16.5 Å². The molecule has 2 aromatic carbocycles. The standard InChI is InChI=1S/C20H17N3OS/c1-20(2,12-21)16-7-3-15(4-8-16)19(24)23-17-9-5-14(6-10-17)18-11-22-13-25-18/h3-11,13H,1-2H3,(H,23,24). The van der Waals surface area contributed by atoms with Crippen molar-refractivity contribution < 1.29 is 4.79 Å². The zero-order valence-electron chi connectivity index (χ0n) is 14.0. The molecule has 0 saturated heterocycles. The molecule has 124 valence electrons. The van der Waals surface area contributed by atoms with Crippen molar-refractivity contribution >= 4 is 22.9 Å². The number of hydrogen-bond acceptors (Lipinski definition) is 4. The second kappa shape index (κ2) is 6.88. The first kappa shape index (κ1) is 16.9. The van der Waals surface area contributed by atoms with Crippen molar-refractivity contribution in [2.45, 2.75) is 19.3 Å². The Hall–Kier alpha value is -2.97. The summed E-state index contributed by atoms with van der Waals surface area (Å²) in [5.41, 5.74) is 4.48. The molecule has 3 aromatic rings. The van der Waals surface area contributed by atoms with Crippen LogP contribution in [0.5, 0.6) is 0 Å². The Bertz CT molecular complexity index is 905. The maximum atomic E-state index is 12.4. The van der Waals surface area contributed by atoms with E-state index in [0.29, 0.717) is 5.56 Å². The molecule has 0 bridgehead atoms. The van der Waals surface area contributed by atoms with Crippen molar-refractivity contribution in [1.82, 2.24) is 4.98 Å². The van der Waals surface area contributed by atoms with Gasteiger partial charge in [0.1, 0.15) is 0 Å². The van der Waals surface area contributed by atoms with E-state index in [1.807, 2.05) is 56.4 Å². The highest BCUT2D eigenvalue weighted by atomic mass is 32.1. The van der Waals surface area contributed by atoms with Crippen LogP contribution in [0.2, 0.25) is 0 Å². The Kier molecular flexibility index (Phi) is 4.64. The lowest BCUT2D eigenvalue weighted by molar-refractivity contribution is 0.102. The molecule has 0 unspecified atom stereocenters. The second-order valence-electron chi connectivity index (χ2n) is 6.21. The molecule has 3 rings (SSSR count). The van der Waals surface area contributed by atoms with Crippen molar-refractivity contribution in [2.75, 3.05) is 5.32 Å². The van der Waals surface area contributed by atoms with Crippen molar-refractivity contribution in [1.29, 1.82) is 5.26 Å². The Morgan fingerprint density at radius 3 is 2.36 bits per heavy atom. The summed E-state index contributed by atoms with van der Waals surface area (Å²) < 4.78 is 0. The van der Waals surface area contributed by atoms with E-state index >= 15 is 0 Å². The van der Waals surface area contributed by atoms with Crippen LogP contribution in [0.1, 0.15) is 29.8 Å². The van der Waals surface area contributed by atoms with Crippen LogP contribution in [0.15, 0.2) is 60.2 Å². The van der Waals surface area contributed by atoms with Crippen LogP contribution in [0.25, 0.3) is 10.4 Å². The van der Waals surface area contributed by atoms with Crippen molar-refractivity contribution in [3.63, 3.8) is 0 Å². The van der Waals surface area contributed by atoms with E-state index in [1.54, 1.807) is 29.0 Å². The van der Waals surface area contributed by atoms with Gasteiger partial charge in [0.05, 0.1) is 21.9 Å². The number of nitrogens with one attached hydrogen (secondary N) is 1. The van der Waals surface area contributed by atoms with E-state index in [9.17, 15) is 10.1 Å². The van der Waals surface area contributed by atoms with Crippen LogP contribution < -0.4 is 5.32 Å². The molecule has 1 heterocycles. The molecule has 0 aliphatic rings. The average molecular weight is 347 g/mol. The zero-order valence-corrected chi connectivity index (χ0v) is 14.8. The Balaban J connectivity index is 1.71. The van der Waals surface area contributed by atoms with Crippen LogP contribution >= 0.6 is 11.3 Å².